The molecule has 1 aliphatic rings. The molecular formula is C20H20N2O. The molecule has 1 saturated carbocycles. The van der Waals surface area contributed by atoms with Gasteiger partial charge in [0, 0.05) is 17.2 Å². The summed E-state index contributed by atoms with van der Waals surface area (Å²) in [5.74, 6) is -0.0414. The van der Waals surface area contributed by atoms with Gasteiger partial charge in [-0.15, -0.1) is 0 Å². The molecule has 3 rings (SSSR count). The van der Waals surface area contributed by atoms with E-state index in [1.165, 1.54) is 19.3 Å². The number of benzene rings is 2. The number of nitrogens with zero attached hydrogens (tertiary/aromatic N) is 1. The predicted molar refractivity (Wildman–Crippen MR) is 90.9 cm³/mol. The Labute approximate surface area is 137 Å². The van der Waals surface area contributed by atoms with E-state index < -0.39 is 0 Å². The predicted octanol–water partition coefficient (Wildman–Crippen LogP) is 4.29. The molecule has 0 spiro atoms. The maximum atomic E-state index is 12.7. The van der Waals surface area contributed by atoms with Crippen LogP contribution in [0.15, 0.2) is 48.5 Å². The van der Waals surface area contributed by atoms with Gasteiger partial charge in [-0.1, -0.05) is 55.7 Å². The van der Waals surface area contributed by atoms with Gasteiger partial charge in [-0.05, 0) is 30.5 Å². The van der Waals surface area contributed by atoms with E-state index in [0.29, 0.717) is 11.1 Å². The van der Waals surface area contributed by atoms with E-state index in [-0.39, 0.29) is 11.9 Å². The maximum absolute atomic E-state index is 12.7. The molecule has 0 heterocycles. The molecule has 0 aliphatic heterocycles. The molecule has 0 bridgehead atoms. The maximum Gasteiger partial charge on any atom is 0.252 e. The van der Waals surface area contributed by atoms with Gasteiger partial charge in [0.2, 0.25) is 0 Å². The van der Waals surface area contributed by atoms with Crippen LogP contribution in [0.3, 0.4) is 0 Å². The standard InChI is InChI=1S/C20H20N2O/c21-14-15-8-4-5-11-17(15)18-12-6-7-13-19(18)20(23)22-16-9-2-1-3-10-16/h4-8,11-13,16H,1-3,9-10H2,(H,22,23). The van der Waals surface area contributed by atoms with Crippen LogP contribution in [0.1, 0.15) is 48.0 Å². The van der Waals surface area contributed by atoms with Crippen LogP contribution in [0, 0.1) is 11.3 Å². The third-order valence-corrected chi connectivity index (χ3v) is 4.45. The summed E-state index contributed by atoms with van der Waals surface area (Å²) in [6.45, 7) is 0. The van der Waals surface area contributed by atoms with Crippen molar-refractivity contribution in [2.75, 3.05) is 0 Å². The molecule has 0 saturated heterocycles. The van der Waals surface area contributed by atoms with Crippen LogP contribution >= 0.6 is 0 Å². The molecule has 3 heteroatoms. The van der Waals surface area contributed by atoms with Gasteiger partial charge in [-0.3, -0.25) is 4.79 Å². The smallest absolute Gasteiger partial charge is 0.252 e. The van der Waals surface area contributed by atoms with Crippen molar-refractivity contribution in [3.8, 4) is 17.2 Å². The Morgan fingerprint density at radius 2 is 1.61 bits per heavy atom. The number of nitrogens with one attached hydrogen (secondary N) is 1. The summed E-state index contributed by atoms with van der Waals surface area (Å²) in [4.78, 5) is 12.7. The van der Waals surface area contributed by atoms with Gasteiger partial charge in [0.1, 0.15) is 0 Å². The third-order valence-electron chi connectivity index (χ3n) is 4.45. The quantitative estimate of drug-likeness (QED) is 0.919. The minimum Gasteiger partial charge on any atom is -0.349 e. The van der Waals surface area contributed by atoms with Crippen molar-refractivity contribution in [3.05, 3.63) is 59.7 Å². The van der Waals surface area contributed by atoms with Crippen molar-refractivity contribution in [3.63, 3.8) is 0 Å². The van der Waals surface area contributed by atoms with E-state index in [2.05, 4.69) is 11.4 Å². The Hall–Kier alpha value is -2.60. The molecule has 0 radical (unpaired) electrons. The summed E-state index contributed by atoms with van der Waals surface area (Å²) in [6.07, 6.45) is 5.75. The van der Waals surface area contributed by atoms with Gasteiger partial charge >= 0.3 is 0 Å². The van der Waals surface area contributed by atoms with Gasteiger partial charge in [0.15, 0.2) is 0 Å². The summed E-state index contributed by atoms with van der Waals surface area (Å²) in [6, 6.07) is 17.4. The Bertz CT molecular complexity index is 739. The molecule has 1 aliphatic carbocycles. The number of amides is 1. The molecule has 116 valence electrons. The molecule has 0 aromatic heterocycles. The van der Waals surface area contributed by atoms with Crippen LogP contribution in [-0.2, 0) is 0 Å². The van der Waals surface area contributed by atoms with E-state index in [1.54, 1.807) is 6.07 Å². The second kappa shape index (κ2) is 7.11. The lowest BCUT2D eigenvalue weighted by molar-refractivity contribution is 0.0928. The number of carbonyl (C=O) groups is 1. The number of nitriles is 1. The Balaban J connectivity index is 1.91. The Morgan fingerprint density at radius 3 is 2.35 bits per heavy atom. The van der Waals surface area contributed by atoms with Gasteiger partial charge < -0.3 is 5.32 Å². The van der Waals surface area contributed by atoms with Crippen LogP contribution in [0.4, 0.5) is 0 Å². The SMILES string of the molecule is N#Cc1ccccc1-c1ccccc1C(=O)NC1CCCCC1. The first kappa shape index (κ1) is 15.3. The van der Waals surface area contributed by atoms with Crippen molar-refractivity contribution in [1.29, 1.82) is 5.26 Å². The highest BCUT2D eigenvalue weighted by Crippen LogP contribution is 2.27. The molecule has 2 aromatic carbocycles. The summed E-state index contributed by atoms with van der Waals surface area (Å²) in [7, 11) is 0. The average molecular weight is 304 g/mol. The lowest BCUT2D eigenvalue weighted by Crippen LogP contribution is -2.36. The average Bonchev–Trinajstić information content (AvgIpc) is 2.62. The molecule has 1 N–H and O–H groups in total. The molecular weight excluding hydrogens is 284 g/mol. The number of rotatable bonds is 3. The largest absolute Gasteiger partial charge is 0.349 e. The topological polar surface area (TPSA) is 52.9 Å². The van der Waals surface area contributed by atoms with E-state index in [1.807, 2.05) is 42.5 Å². The zero-order chi connectivity index (χ0) is 16.1. The van der Waals surface area contributed by atoms with Gasteiger partial charge in [-0.2, -0.15) is 5.26 Å². The number of hydrogen-bond donors (Lipinski definition) is 1. The summed E-state index contributed by atoms with van der Waals surface area (Å²) < 4.78 is 0. The molecule has 23 heavy (non-hydrogen) atoms. The van der Waals surface area contributed by atoms with Crippen LogP contribution in [0.2, 0.25) is 0 Å². The van der Waals surface area contributed by atoms with E-state index in [4.69, 9.17) is 0 Å². The zero-order valence-corrected chi connectivity index (χ0v) is 13.1. The molecule has 3 nitrogen and oxygen atoms in total. The first-order valence-electron chi connectivity index (χ1n) is 8.19. The Morgan fingerprint density at radius 1 is 0.957 bits per heavy atom. The fourth-order valence-corrected chi connectivity index (χ4v) is 3.24. The minimum atomic E-state index is -0.0414. The molecule has 0 atom stereocenters. The van der Waals surface area contributed by atoms with E-state index >= 15 is 0 Å². The lowest BCUT2D eigenvalue weighted by Gasteiger charge is -2.23. The van der Waals surface area contributed by atoms with Crippen LogP contribution < -0.4 is 5.32 Å². The van der Waals surface area contributed by atoms with Gasteiger partial charge in [-0.25, -0.2) is 0 Å². The molecule has 1 amide bonds. The first-order chi connectivity index (χ1) is 11.3. The van der Waals surface area contributed by atoms with Crippen molar-refractivity contribution in [1.82, 2.24) is 5.32 Å². The second-order valence-corrected chi connectivity index (χ2v) is 6.01. The fraction of sp³-hybridized carbons (Fsp3) is 0.300. The molecule has 0 unspecified atom stereocenters. The fourth-order valence-electron chi connectivity index (χ4n) is 3.24. The van der Waals surface area contributed by atoms with Gasteiger partial charge in [0.05, 0.1) is 11.6 Å². The van der Waals surface area contributed by atoms with Crippen LogP contribution in [0.25, 0.3) is 11.1 Å². The molecule has 2 aromatic rings. The number of carbonyl (C=O) groups excluding carboxylic acids is 1. The van der Waals surface area contributed by atoms with Gasteiger partial charge in [0.25, 0.3) is 5.91 Å². The second-order valence-electron chi connectivity index (χ2n) is 6.01. The monoisotopic (exact) mass is 304 g/mol. The van der Waals surface area contributed by atoms with Crippen molar-refractivity contribution >= 4 is 5.91 Å². The zero-order valence-electron chi connectivity index (χ0n) is 13.1. The third kappa shape index (κ3) is 3.43. The lowest BCUT2D eigenvalue weighted by atomic mass is 9.93. The number of hydrogen-bond acceptors (Lipinski definition) is 2. The highest BCUT2D eigenvalue weighted by atomic mass is 16.1. The van der Waals surface area contributed by atoms with E-state index in [9.17, 15) is 10.1 Å². The molecule has 1 fully saturated rings. The van der Waals surface area contributed by atoms with Crippen LogP contribution in [-0.4, -0.2) is 11.9 Å². The normalized spacial score (nSPS) is 14.9. The summed E-state index contributed by atoms with van der Waals surface area (Å²) in [5.41, 5.74) is 2.86. The van der Waals surface area contributed by atoms with Crippen molar-refractivity contribution in [2.24, 2.45) is 0 Å². The summed E-state index contributed by atoms with van der Waals surface area (Å²) >= 11 is 0. The highest BCUT2D eigenvalue weighted by molar-refractivity contribution is 6.01. The summed E-state index contributed by atoms with van der Waals surface area (Å²) in [5, 5.41) is 12.5. The Kier molecular flexibility index (Phi) is 4.73. The minimum absolute atomic E-state index is 0.0414. The van der Waals surface area contributed by atoms with Crippen molar-refractivity contribution < 1.29 is 4.79 Å². The van der Waals surface area contributed by atoms with E-state index in [0.717, 1.165) is 24.0 Å². The van der Waals surface area contributed by atoms with Crippen LogP contribution in [0.5, 0.6) is 0 Å². The first-order valence-corrected chi connectivity index (χ1v) is 8.19. The highest BCUT2D eigenvalue weighted by Gasteiger charge is 2.19. The van der Waals surface area contributed by atoms with Crippen molar-refractivity contribution in [2.45, 2.75) is 38.1 Å².